The van der Waals surface area contributed by atoms with Gasteiger partial charge in [-0.25, -0.2) is 4.98 Å². The first-order chi connectivity index (χ1) is 16.0. The molecule has 6 heteroatoms. The minimum Gasteiger partial charge on any atom is -0.489 e. The third-order valence-electron chi connectivity index (χ3n) is 5.30. The standard InChI is InChI=1S/C27H22N2O2S2/c1-17-7-12-22-24(13-17)33-27(29-22)20-8-10-21(11-9-20)28-26(30)25-14-19(16-32-25)15-31-23-6-4-3-5-18(23)2/h3-14,16H,15H2,1-2H3,(H,28,30). The van der Waals surface area contributed by atoms with E-state index in [9.17, 15) is 4.79 Å². The molecule has 5 rings (SSSR count). The van der Waals surface area contributed by atoms with E-state index >= 15 is 0 Å². The summed E-state index contributed by atoms with van der Waals surface area (Å²) in [6.07, 6.45) is 0. The van der Waals surface area contributed by atoms with Gasteiger partial charge in [0.05, 0.1) is 15.1 Å². The highest BCUT2D eigenvalue weighted by atomic mass is 32.1. The van der Waals surface area contributed by atoms with Crippen molar-refractivity contribution in [1.82, 2.24) is 4.98 Å². The maximum absolute atomic E-state index is 12.7. The second kappa shape index (κ2) is 9.17. The molecule has 33 heavy (non-hydrogen) atoms. The number of nitrogens with zero attached hydrogens (tertiary/aromatic N) is 1. The van der Waals surface area contributed by atoms with Gasteiger partial charge < -0.3 is 10.1 Å². The molecule has 0 spiro atoms. The molecule has 5 aromatic rings. The molecule has 0 bridgehead atoms. The number of rotatable bonds is 6. The maximum Gasteiger partial charge on any atom is 0.265 e. The molecule has 0 radical (unpaired) electrons. The first-order valence-corrected chi connectivity index (χ1v) is 12.3. The highest BCUT2D eigenvalue weighted by Crippen LogP contribution is 2.31. The Bertz CT molecular complexity index is 1430. The Morgan fingerprint density at radius 3 is 2.64 bits per heavy atom. The molecule has 4 nitrogen and oxygen atoms in total. The van der Waals surface area contributed by atoms with Crippen molar-refractivity contribution >= 4 is 44.5 Å². The second-order valence-electron chi connectivity index (χ2n) is 7.90. The molecule has 0 aliphatic heterocycles. The zero-order valence-corrected chi connectivity index (χ0v) is 19.9. The number of benzene rings is 3. The number of hydrogen-bond donors (Lipinski definition) is 1. The van der Waals surface area contributed by atoms with Crippen molar-refractivity contribution in [3.8, 4) is 16.3 Å². The predicted molar refractivity (Wildman–Crippen MR) is 138 cm³/mol. The molecular weight excluding hydrogens is 448 g/mol. The van der Waals surface area contributed by atoms with Crippen LogP contribution in [-0.4, -0.2) is 10.9 Å². The summed E-state index contributed by atoms with van der Waals surface area (Å²) in [5.74, 6) is 0.739. The fourth-order valence-corrected chi connectivity index (χ4v) is 5.36. The van der Waals surface area contributed by atoms with Crippen LogP contribution in [0.3, 0.4) is 0 Å². The lowest BCUT2D eigenvalue weighted by atomic mass is 10.2. The first kappa shape index (κ1) is 21.4. The Balaban J connectivity index is 1.23. The Morgan fingerprint density at radius 1 is 1.00 bits per heavy atom. The zero-order chi connectivity index (χ0) is 22.8. The molecule has 164 valence electrons. The van der Waals surface area contributed by atoms with Crippen molar-refractivity contribution in [2.75, 3.05) is 5.32 Å². The van der Waals surface area contributed by atoms with Crippen LogP contribution in [0.15, 0.2) is 78.2 Å². The van der Waals surface area contributed by atoms with Crippen LogP contribution in [-0.2, 0) is 6.61 Å². The van der Waals surface area contributed by atoms with Gasteiger partial charge in [0.1, 0.15) is 17.4 Å². The number of ether oxygens (including phenoxy) is 1. The van der Waals surface area contributed by atoms with Crippen LogP contribution in [0.4, 0.5) is 5.69 Å². The lowest BCUT2D eigenvalue weighted by molar-refractivity contribution is 0.103. The largest absolute Gasteiger partial charge is 0.489 e. The molecule has 3 aromatic carbocycles. The number of aryl methyl sites for hydroxylation is 2. The highest BCUT2D eigenvalue weighted by Gasteiger charge is 2.12. The Labute approximate surface area is 200 Å². The summed E-state index contributed by atoms with van der Waals surface area (Å²) in [5, 5.41) is 5.92. The summed E-state index contributed by atoms with van der Waals surface area (Å²) in [6, 6.07) is 23.9. The third kappa shape index (κ3) is 4.82. The van der Waals surface area contributed by atoms with Crippen LogP contribution >= 0.6 is 22.7 Å². The Hall–Kier alpha value is -3.48. The number of aromatic nitrogens is 1. The van der Waals surface area contributed by atoms with Crippen LogP contribution in [0, 0.1) is 13.8 Å². The van der Waals surface area contributed by atoms with Crippen molar-refractivity contribution in [2.24, 2.45) is 0 Å². The van der Waals surface area contributed by atoms with Gasteiger partial charge in [0.25, 0.3) is 5.91 Å². The van der Waals surface area contributed by atoms with E-state index in [1.807, 2.05) is 66.9 Å². The van der Waals surface area contributed by atoms with Crippen LogP contribution < -0.4 is 10.1 Å². The number of carbonyl (C=O) groups is 1. The summed E-state index contributed by atoms with van der Waals surface area (Å²) in [4.78, 5) is 18.1. The second-order valence-corrected chi connectivity index (χ2v) is 9.84. The molecule has 0 saturated carbocycles. The number of thiazole rings is 1. The zero-order valence-electron chi connectivity index (χ0n) is 18.3. The molecule has 0 aliphatic rings. The van der Waals surface area contributed by atoms with E-state index in [2.05, 4.69) is 30.4 Å². The van der Waals surface area contributed by atoms with Crippen LogP contribution in [0.5, 0.6) is 5.75 Å². The summed E-state index contributed by atoms with van der Waals surface area (Å²) < 4.78 is 7.07. The number of para-hydroxylation sites is 1. The van der Waals surface area contributed by atoms with E-state index in [0.717, 1.165) is 38.7 Å². The Kier molecular flexibility index (Phi) is 5.94. The van der Waals surface area contributed by atoms with Crippen molar-refractivity contribution in [3.05, 3.63) is 99.7 Å². The monoisotopic (exact) mass is 470 g/mol. The number of fused-ring (bicyclic) bond motifs is 1. The van der Waals surface area contributed by atoms with Crippen LogP contribution in [0.2, 0.25) is 0 Å². The summed E-state index contributed by atoms with van der Waals surface area (Å²) in [5.41, 5.74) is 6.11. The fraction of sp³-hybridized carbons (Fsp3) is 0.111. The number of thiophene rings is 1. The fourth-order valence-electron chi connectivity index (χ4n) is 3.49. The lowest BCUT2D eigenvalue weighted by Gasteiger charge is -2.07. The SMILES string of the molecule is Cc1ccc2nc(-c3ccc(NC(=O)c4cc(COc5ccccc5C)cs4)cc3)sc2c1. The van der Waals surface area contributed by atoms with E-state index in [1.165, 1.54) is 21.6 Å². The third-order valence-corrected chi connectivity index (χ3v) is 7.34. The maximum atomic E-state index is 12.7. The number of hydrogen-bond acceptors (Lipinski definition) is 5. The Morgan fingerprint density at radius 2 is 1.82 bits per heavy atom. The van der Waals surface area contributed by atoms with E-state index in [4.69, 9.17) is 9.72 Å². The predicted octanol–water partition coefficient (Wildman–Crippen LogP) is 7.47. The van der Waals surface area contributed by atoms with Gasteiger partial charge in [-0.05, 0) is 78.9 Å². The van der Waals surface area contributed by atoms with Gasteiger partial charge in [0.15, 0.2) is 0 Å². The van der Waals surface area contributed by atoms with Gasteiger partial charge in [0.2, 0.25) is 0 Å². The average Bonchev–Trinajstić information content (AvgIpc) is 3.46. The van der Waals surface area contributed by atoms with E-state index in [1.54, 1.807) is 11.3 Å². The van der Waals surface area contributed by atoms with Gasteiger partial charge in [-0.1, -0.05) is 24.3 Å². The molecule has 2 aromatic heterocycles. The first-order valence-electron chi connectivity index (χ1n) is 10.6. The molecule has 0 aliphatic carbocycles. The quantitative estimate of drug-likeness (QED) is 0.280. The van der Waals surface area contributed by atoms with E-state index in [0.29, 0.717) is 11.5 Å². The molecule has 0 unspecified atom stereocenters. The molecule has 1 amide bonds. The van der Waals surface area contributed by atoms with E-state index < -0.39 is 0 Å². The number of amides is 1. The molecule has 0 saturated heterocycles. The molecule has 0 fully saturated rings. The molecular formula is C27H22N2O2S2. The number of carbonyl (C=O) groups excluding carboxylic acids is 1. The van der Waals surface area contributed by atoms with Crippen LogP contribution in [0.1, 0.15) is 26.4 Å². The molecule has 2 heterocycles. The lowest BCUT2D eigenvalue weighted by Crippen LogP contribution is -2.10. The number of anilines is 1. The van der Waals surface area contributed by atoms with E-state index in [-0.39, 0.29) is 5.91 Å². The van der Waals surface area contributed by atoms with Gasteiger partial charge in [-0.15, -0.1) is 22.7 Å². The smallest absolute Gasteiger partial charge is 0.265 e. The molecule has 1 N–H and O–H groups in total. The summed E-state index contributed by atoms with van der Waals surface area (Å²) in [6.45, 7) is 4.54. The average molecular weight is 471 g/mol. The van der Waals surface area contributed by atoms with Crippen molar-refractivity contribution in [2.45, 2.75) is 20.5 Å². The van der Waals surface area contributed by atoms with Crippen LogP contribution in [0.25, 0.3) is 20.8 Å². The van der Waals surface area contributed by atoms with Gasteiger partial charge in [-0.3, -0.25) is 4.79 Å². The minimum absolute atomic E-state index is 0.120. The van der Waals surface area contributed by atoms with Crippen molar-refractivity contribution < 1.29 is 9.53 Å². The topological polar surface area (TPSA) is 51.2 Å². The summed E-state index contributed by atoms with van der Waals surface area (Å²) in [7, 11) is 0. The normalized spacial score (nSPS) is 11.0. The number of nitrogens with one attached hydrogen (secondary N) is 1. The summed E-state index contributed by atoms with van der Waals surface area (Å²) >= 11 is 3.10. The van der Waals surface area contributed by atoms with Crippen molar-refractivity contribution in [1.29, 1.82) is 0 Å². The van der Waals surface area contributed by atoms with Gasteiger partial charge >= 0.3 is 0 Å². The van der Waals surface area contributed by atoms with Gasteiger partial charge in [-0.2, -0.15) is 0 Å². The molecule has 0 atom stereocenters. The highest BCUT2D eigenvalue weighted by molar-refractivity contribution is 7.21. The van der Waals surface area contributed by atoms with Gasteiger partial charge in [0, 0.05) is 16.8 Å². The van der Waals surface area contributed by atoms with Crippen molar-refractivity contribution in [3.63, 3.8) is 0 Å². The minimum atomic E-state index is -0.120.